The van der Waals surface area contributed by atoms with Crippen molar-refractivity contribution < 1.29 is 60.2 Å². The third-order valence-electron chi connectivity index (χ3n) is 16.0. The lowest BCUT2D eigenvalue weighted by Crippen LogP contribution is -2.49. The van der Waals surface area contributed by atoms with Crippen molar-refractivity contribution in [1.82, 2.24) is 29.8 Å². The highest BCUT2D eigenvalue weighted by Gasteiger charge is 2.53. The molecule has 0 radical (unpaired) electrons. The molecule has 0 saturated carbocycles. The molecule has 0 aliphatic carbocycles. The van der Waals surface area contributed by atoms with Crippen molar-refractivity contribution in [2.24, 2.45) is 0 Å². The highest BCUT2D eigenvalue weighted by molar-refractivity contribution is 6.10. The third-order valence-corrected chi connectivity index (χ3v) is 16.0. The zero-order valence-electron chi connectivity index (χ0n) is 44.5. The molecule has 0 atom stereocenters. The Morgan fingerprint density at radius 2 is 0.911 bits per heavy atom. The van der Waals surface area contributed by atoms with Crippen LogP contribution in [0.15, 0.2) is 97.1 Å². The van der Waals surface area contributed by atoms with E-state index in [9.17, 15) is 60.2 Å². The maximum atomic E-state index is 13.5. The van der Waals surface area contributed by atoms with Gasteiger partial charge in [0.2, 0.25) is 23.6 Å². The molecule has 10 rings (SSSR count). The number of fused-ring (bicyclic) bond motifs is 4. The number of benzene rings is 4. The Kier molecular flexibility index (Phi) is 17.2. The molecule has 79 heavy (non-hydrogen) atoms. The van der Waals surface area contributed by atoms with Crippen molar-refractivity contribution >= 4 is 59.0 Å². The van der Waals surface area contributed by atoms with Crippen LogP contribution in [0, 0.1) is 0 Å². The smallest absolute Gasteiger partial charge is 0.416 e. The number of likely N-dealkylation sites (tertiary alicyclic amines) is 2. The Morgan fingerprint density at radius 1 is 0.519 bits per heavy atom. The summed E-state index contributed by atoms with van der Waals surface area (Å²) in [6.07, 6.45) is -3.10. The number of hydrogen-bond donors (Lipinski definition) is 2. The second-order valence-corrected chi connectivity index (χ2v) is 20.8. The lowest BCUT2D eigenvalue weighted by molar-refractivity contribution is -0.138. The molecule has 0 aromatic heterocycles. The molecule has 0 bridgehead atoms. The van der Waals surface area contributed by atoms with Crippen molar-refractivity contribution in [3.8, 4) is 0 Å². The van der Waals surface area contributed by atoms with Crippen molar-refractivity contribution in [2.75, 3.05) is 117 Å². The number of nitrogens with one attached hydrogen (secondary N) is 1. The molecule has 21 heteroatoms. The largest absolute Gasteiger partial charge is 0.478 e. The molecule has 4 aromatic rings. The quantitative estimate of drug-likeness (QED) is 0.151. The van der Waals surface area contributed by atoms with Crippen LogP contribution in [0.1, 0.15) is 79.8 Å². The van der Waals surface area contributed by atoms with Gasteiger partial charge in [-0.25, -0.2) is 4.79 Å². The summed E-state index contributed by atoms with van der Waals surface area (Å²) in [5, 5.41) is 12.6. The van der Waals surface area contributed by atoms with Gasteiger partial charge in [0.1, 0.15) is 0 Å². The van der Waals surface area contributed by atoms with Crippen LogP contribution in [-0.4, -0.2) is 172 Å². The topological polar surface area (TPSA) is 157 Å². The van der Waals surface area contributed by atoms with Crippen LogP contribution < -0.4 is 15.1 Å². The number of carbonyl (C=O) groups excluding carboxylic acids is 5. The highest BCUT2D eigenvalue weighted by Crippen LogP contribution is 2.49. The maximum Gasteiger partial charge on any atom is 0.416 e. The van der Waals surface area contributed by atoms with E-state index < -0.39 is 52.1 Å². The van der Waals surface area contributed by atoms with Gasteiger partial charge in [0.25, 0.3) is 5.91 Å². The molecule has 2 spiro atoms. The molecule has 5 amide bonds. The number of likely N-dealkylation sites (N-methyl/N-ethyl adjacent to an activating group) is 4. The Morgan fingerprint density at radius 3 is 1.30 bits per heavy atom. The molecule has 4 saturated heterocycles. The van der Waals surface area contributed by atoms with Gasteiger partial charge in [0.15, 0.2) is 0 Å². The molecule has 15 nitrogen and oxygen atoms in total. The minimum atomic E-state index is -4.53. The van der Waals surface area contributed by atoms with E-state index in [-0.39, 0.29) is 60.6 Å². The molecule has 2 N–H and O–H groups in total. The zero-order valence-corrected chi connectivity index (χ0v) is 44.5. The van der Waals surface area contributed by atoms with Crippen molar-refractivity contribution in [1.29, 1.82) is 0 Å². The number of nitrogens with zero attached hydrogens (tertiary/aromatic N) is 7. The van der Waals surface area contributed by atoms with Crippen LogP contribution in [0.2, 0.25) is 0 Å². The number of anilines is 2. The summed E-state index contributed by atoms with van der Waals surface area (Å²) < 4.78 is 79.4. The Bertz CT molecular complexity index is 3020. The van der Waals surface area contributed by atoms with Crippen LogP contribution in [-0.2, 0) is 42.4 Å². The second-order valence-electron chi connectivity index (χ2n) is 20.8. The number of hydrogen-bond acceptors (Lipinski definition) is 9. The average molecular weight is 1100 g/mol. The van der Waals surface area contributed by atoms with Gasteiger partial charge in [-0.15, -0.1) is 0 Å². The Balaban J connectivity index is 0.000000187. The first-order chi connectivity index (χ1) is 37.4. The lowest BCUT2D eigenvalue weighted by Gasteiger charge is -2.38. The minimum Gasteiger partial charge on any atom is -0.478 e. The number of carboxylic acid groups (broad SMARTS) is 1. The van der Waals surface area contributed by atoms with Crippen molar-refractivity contribution in [3.63, 3.8) is 0 Å². The summed E-state index contributed by atoms with van der Waals surface area (Å²) in [6.45, 7) is 8.65. The van der Waals surface area contributed by atoms with Gasteiger partial charge in [-0.05, 0) is 123 Å². The molecule has 4 fully saturated rings. The van der Waals surface area contributed by atoms with Crippen LogP contribution >= 0.6 is 0 Å². The molecular formula is C58H64F6N8O7. The number of piperidine rings is 2. The predicted octanol–water partition coefficient (Wildman–Crippen LogP) is 7.12. The van der Waals surface area contributed by atoms with E-state index in [0.717, 1.165) is 67.8 Å². The first-order valence-corrected chi connectivity index (χ1v) is 26.2. The standard InChI is InChI=1S/C29H31F3N4O3.C24H21F3N2O4.C5H12N2/c1-33-15-17-36(18-16-33)26(38)21-7-9-24-23(19-21)28(27(39)34(24)2)11-13-35(14-12-28)25(37)10-8-20-5-3-4-6-22(20)29(30,31)32;1-28-19-8-6-16(21(31)32)14-18(19)23(22(28)33)10-12-29(13-11-23)20(30)9-7-15-4-2-3-5-17(15)24(25,26)27;1-7-4-2-6-3-5-7/h3-10,19H,11-18H2,1-2H3;2-9,14H,10-13H2,1H3,(H,31,32);6H,2-5H2,1H3/b10-8+;9-7+;. The molecule has 4 aromatic carbocycles. The van der Waals surface area contributed by atoms with Gasteiger partial charge in [0.05, 0.1) is 27.5 Å². The van der Waals surface area contributed by atoms with Crippen LogP contribution in [0.3, 0.4) is 0 Å². The SMILES string of the molecule is CN1C(=O)C2(CCN(C(=O)/C=C/c3ccccc3C(F)(F)F)CC2)c2cc(C(=O)O)ccc21.CN1CCN(C(=O)c2ccc3c(c2)C2(CCN(C(=O)/C=C/c4ccccc4C(F)(F)F)CC2)C(=O)N3C)CC1.CN1CCNCC1. The predicted molar refractivity (Wildman–Crippen MR) is 286 cm³/mol. The highest BCUT2D eigenvalue weighted by atomic mass is 19.4. The minimum absolute atomic E-state index is 0.0556. The van der Waals surface area contributed by atoms with Gasteiger partial charge >= 0.3 is 18.3 Å². The van der Waals surface area contributed by atoms with E-state index in [0.29, 0.717) is 55.6 Å². The maximum absolute atomic E-state index is 13.5. The first-order valence-electron chi connectivity index (χ1n) is 26.2. The van der Waals surface area contributed by atoms with E-state index >= 15 is 0 Å². The molecule has 6 heterocycles. The number of carbonyl (C=O) groups is 6. The average Bonchev–Trinajstić information content (AvgIpc) is 3.85. The van der Waals surface area contributed by atoms with Crippen LogP contribution in [0.25, 0.3) is 12.2 Å². The first kappa shape index (κ1) is 57.8. The fourth-order valence-electron chi connectivity index (χ4n) is 11.3. The number of halogens is 6. The molecule has 6 aliphatic rings. The summed E-state index contributed by atoms with van der Waals surface area (Å²) in [7, 11) is 7.53. The Hall–Kier alpha value is -7.36. The number of aromatic carboxylic acids is 1. The molecule has 420 valence electrons. The van der Waals surface area contributed by atoms with Crippen LogP contribution in [0.4, 0.5) is 37.7 Å². The van der Waals surface area contributed by atoms with Crippen molar-refractivity contribution in [2.45, 2.75) is 48.9 Å². The third kappa shape index (κ3) is 12.3. The number of piperazine rings is 2. The summed E-state index contributed by atoms with van der Waals surface area (Å²) in [6, 6.07) is 20.1. The zero-order chi connectivity index (χ0) is 57.0. The summed E-state index contributed by atoms with van der Waals surface area (Å²) in [5.41, 5.74) is -0.0841. The van der Waals surface area contributed by atoms with E-state index in [1.165, 1.54) is 77.5 Å². The normalized spacial score (nSPS) is 19.3. The van der Waals surface area contributed by atoms with Gasteiger partial charge in [0, 0.05) is 122 Å². The van der Waals surface area contributed by atoms with Gasteiger partial charge in [-0.1, -0.05) is 36.4 Å². The number of carboxylic acids is 1. The van der Waals surface area contributed by atoms with Crippen molar-refractivity contribution in [3.05, 3.63) is 142 Å². The number of rotatable bonds is 6. The van der Waals surface area contributed by atoms with Gasteiger partial charge in [-0.2, -0.15) is 26.3 Å². The monoisotopic (exact) mass is 1100 g/mol. The van der Waals surface area contributed by atoms with Gasteiger partial charge in [-0.3, -0.25) is 24.0 Å². The number of amides is 5. The van der Waals surface area contributed by atoms with E-state index in [1.807, 2.05) is 24.1 Å². The van der Waals surface area contributed by atoms with E-state index in [1.54, 1.807) is 36.0 Å². The summed E-state index contributed by atoms with van der Waals surface area (Å²) in [4.78, 5) is 89.3. The van der Waals surface area contributed by atoms with Gasteiger partial charge < -0.3 is 44.7 Å². The summed E-state index contributed by atoms with van der Waals surface area (Å²) in [5.74, 6) is -2.21. The fourth-order valence-corrected chi connectivity index (χ4v) is 11.3. The summed E-state index contributed by atoms with van der Waals surface area (Å²) >= 11 is 0. The lowest BCUT2D eigenvalue weighted by atomic mass is 9.73. The molecular weight excluding hydrogens is 1030 g/mol. The molecule has 6 aliphatic heterocycles. The Labute approximate surface area is 454 Å². The fraction of sp³-hybridized carbons (Fsp3) is 0.414. The number of alkyl halides is 6. The van der Waals surface area contributed by atoms with Crippen LogP contribution in [0.5, 0.6) is 0 Å². The molecule has 0 unspecified atom stereocenters. The van der Waals surface area contributed by atoms with E-state index in [4.69, 9.17) is 0 Å². The van der Waals surface area contributed by atoms with E-state index in [2.05, 4.69) is 22.2 Å². The second kappa shape index (κ2) is 23.5.